The van der Waals surface area contributed by atoms with E-state index in [1.807, 2.05) is 0 Å². The lowest BCUT2D eigenvalue weighted by Gasteiger charge is -2.39. The number of morpholine rings is 1. The van der Waals surface area contributed by atoms with Crippen molar-refractivity contribution in [3.8, 4) is 12.3 Å². The van der Waals surface area contributed by atoms with Crippen molar-refractivity contribution < 1.29 is 19.1 Å². The third-order valence-corrected chi connectivity index (χ3v) is 3.00. The van der Waals surface area contributed by atoms with E-state index < -0.39 is 29.9 Å². The Hall–Kier alpha value is -1.74. The second-order valence-corrected chi connectivity index (χ2v) is 6.09. The molecule has 6 heteroatoms. The van der Waals surface area contributed by atoms with E-state index in [1.165, 1.54) is 4.90 Å². The molecule has 0 radical (unpaired) electrons. The lowest BCUT2D eigenvalue weighted by Crippen LogP contribution is -2.60. The van der Waals surface area contributed by atoms with Crippen molar-refractivity contribution in [3.05, 3.63) is 0 Å². The molecular weight excluding hydrogens is 272 g/mol. The number of nitrogens with one attached hydrogen (secondary N) is 1. The van der Waals surface area contributed by atoms with Crippen molar-refractivity contribution in [1.29, 1.82) is 0 Å². The van der Waals surface area contributed by atoms with Crippen molar-refractivity contribution in [2.45, 2.75) is 58.4 Å². The molecule has 1 unspecified atom stereocenters. The molecule has 1 heterocycles. The largest absolute Gasteiger partial charge is 0.444 e. The highest BCUT2D eigenvalue weighted by Crippen LogP contribution is 2.18. The van der Waals surface area contributed by atoms with Crippen LogP contribution in [0.15, 0.2) is 0 Å². The molecule has 0 aliphatic carbocycles. The first-order valence-corrected chi connectivity index (χ1v) is 7.03. The van der Waals surface area contributed by atoms with E-state index >= 15 is 0 Å². The zero-order valence-corrected chi connectivity index (χ0v) is 13.3. The van der Waals surface area contributed by atoms with Crippen LogP contribution in [0.5, 0.6) is 0 Å². The molecule has 118 valence electrons. The van der Waals surface area contributed by atoms with E-state index in [2.05, 4.69) is 11.2 Å². The zero-order chi connectivity index (χ0) is 16.2. The van der Waals surface area contributed by atoms with E-state index in [4.69, 9.17) is 15.9 Å². The minimum Gasteiger partial charge on any atom is -0.444 e. The van der Waals surface area contributed by atoms with Crippen molar-refractivity contribution >= 4 is 12.0 Å². The van der Waals surface area contributed by atoms with E-state index in [1.54, 1.807) is 34.6 Å². The van der Waals surface area contributed by atoms with Gasteiger partial charge in [0.25, 0.3) is 0 Å². The van der Waals surface area contributed by atoms with Gasteiger partial charge in [0.05, 0.1) is 18.8 Å². The van der Waals surface area contributed by atoms with Crippen LogP contribution >= 0.6 is 0 Å². The fourth-order valence-corrected chi connectivity index (χ4v) is 2.04. The molecule has 21 heavy (non-hydrogen) atoms. The summed E-state index contributed by atoms with van der Waals surface area (Å²) in [6.45, 7) is 9.47. The first kappa shape index (κ1) is 17.3. The van der Waals surface area contributed by atoms with Gasteiger partial charge in [0, 0.05) is 6.54 Å². The molecule has 0 bridgehead atoms. The molecule has 1 aliphatic heterocycles. The Morgan fingerprint density at radius 2 is 2.10 bits per heavy atom. The van der Waals surface area contributed by atoms with Crippen LogP contribution in [-0.4, -0.2) is 53.8 Å². The quantitative estimate of drug-likeness (QED) is 0.776. The summed E-state index contributed by atoms with van der Waals surface area (Å²) in [7, 11) is 0. The molecule has 1 fully saturated rings. The number of amides is 2. The predicted octanol–water partition coefficient (Wildman–Crippen LogP) is 1.15. The number of hydrogen-bond donors (Lipinski definition) is 1. The topological polar surface area (TPSA) is 67.9 Å². The lowest BCUT2D eigenvalue weighted by atomic mass is 10.1. The van der Waals surface area contributed by atoms with Gasteiger partial charge in [0.15, 0.2) is 0 Å². The predicted molar refractivity (Wildman–Crippen MR) is 78.6 cm³/mol. The molecule has 1 rings (SSSR count). The number of ether oxygens (including phenoxy) is 2. The summed E-state index contributed by atoms with van der Waals surface area (Å²) in [6, 6.07) is -1.16. The maximum atomic E-state index is 12.3. The van der Waals surface area contributed by atoms with Gasteiger partial charge < -0.3 is 14.8 Å². The molecule has 1 saturated heterocycles. The van der Waals surface area contributed by atoms with Gasteiger partial charge in [-0.2, -0.15) is 0 Å². The van der Waals surface area contributed by atoms with Crippen molar-refractivity contribution in [3.63, 3.8) is 0 Å². The van der Waals surface area contributed by atoms with Crippen LogP contribution in [-0.2, 0) is 14.3 Å². The number of hydrogen-bond acceptors (Lipinski definition) is 4. The van der Waals surface area contributed by atoms with Crippen LogP contribution in [0.4, 0.5) is 4.79 Å². The van der Waals surface area contributed by atoms with Crippen LogP contribution in [0.2, 0.25) is 0 Å². The number of carbonyl (C=O) groups excluding carboxylic acids is 2. The summed E-state index contributed by atoms with van der Waals surface area (Å²) in [5.41, 5.74) is -0.619. The highest BCUT2D eigenvalue weighted by molar-refractivity contribution is 5.87. The SMILES string of the molecule is C#CC(C)NC(=O)[C@@H]1[C@@H](C)OCCN1C(=O)OC(C)(C)C. The number of rotatable bonds is 2. The molecule has 0 spiro atoms. The number of nitrogens with zero attached hydrogens (tertiary/aromatic N) is 1. The summed E-state index contributed by atoms with van der Waals surface area (Å²) in [4.78, 5) is 26.0. The van der Waals surface area contributed by atoms with Crippen LogP contribution in [0.25, 0.3) is 0 Å². The van der Waals surface area contributed by atoms with Crippen LogP contribution in [0.3, 0.4) is 0 Å². The Bertz CT molecular complexity index is 436. The molecule has 1 aliphatic rings. The van der Waals surface area contributed by atoms with Gasteiger partial charge in [-0.25, -0.2) is 4.79 Å². The summed E-state index contributed by atoms with van der Waals surface area (Å²) < 4.78 is 10.8. The van der Waals surface area contributed by atoms with Gasteiger partial charge in [-0.05, 0) is 34.6 Å². The molecule has 0 saturated carbocycles. The van der Waals surface area contributed by atoms with Gasteiger partial charge in [0.2, 0.25) is 5.91 Å². The summed E-state index contributed by atoms with van der Waals surface area (Å²) in [5, 5.41) is 2.67. The highest BCUT2D eigenvalue weighted by atomic mass is 16.6. The van der Waals surface area contributed by atoms with Crippen LogP contribution < -0.4 is 5.32 Å². The maximum Gasteiger partial charge on any atom is 0.411 e. The maximum absolute atomic E-state index is 12.3. The van der Waals surface area contributed by atoms with Crippen molar-refractivity contribution in [2.75, 3.05) is 13.2 Å². The minimum atomic E-state index is -0.746. The summed E-state index contributed by atoms with van der Waals surface area (Å²) >= 11 is 0. The normalized spacial score (nSPS) is 23.9. The van der Waals surface area contributed by atoms with Crippen LogP contribution in [0, 0.1) is 12.3 Å². The van der Waals surface area contributed by atoms with Gasteiger partial charge >= 0.3 is 6.09 Å². The number of terminal acetylenes is 1. The average molecular weight is 296 g/mol. The van der Waals surface area contributed by atoms with Gasteiger partial charge in [-0.1, -0.05) is 5.92 Å². The smallest absolute Gasteiger partial charge is 0.411 e. The van der Waals surface area contributed by atoms with Gasteiger partial charge in [0.1, 0.15) is 11.6 Å². The van der Waals surface area contributed by atoms with Crippen LogP contribution in [0.1, 0.15) is 34.6 Å². The van der Waals surface area contributed by atoms with E-state index in [0.29, 0.717) is 13.2 Å². The van der Waals surface area contributed by atoms with Crippen molar-refractivity contribution in [2.24, 2.45) is 0 Å². The third-order valence-electron chi connectivity index (χ3n) is 3.00. The molecule has 3 atom stereocenters. The highest BCUT2D eigenvalue weighted by Gasteiger charge is 2.40. The first-order valence-electron chi connectivity index (χ1n) is 7.03. The van der Waals surface area contributed by atoms with Gasteiger partial charge in [-0.3, -0.25) is 9.69 Å². The minimum absolute atomic E-state index is 0.307. The second kappa shape index (κ2) is 6.81. The molecule has 0 aromatic rings. The Morgan fingerprint density at radius 3 is 2.62 bits per heavy atom. The number of carbonyl (C=O) groups is 2. The van der Waals surface area contributed by atoms with E-state index in [0.717, 1.165) is 0 Å². The fourth-order valence-electron chi connectivity index (χ4n) is 2.04. The molecule has 2 amide bonds. The lowest BCUT2D eigenvalue weighted by molar-refractivity contribution is -0.138. The first-order chi connectivity index (χ1) is 9.65. The van der Waals surface area contributed by atoms with Crippen molar-refractivity contribution in [1.82, 2.24) is 10.2 Å². The average Bonchev–Trinajstić information content (AvgIpc) is 2.35. The molecule has 0 aromatic carbocycles. The Morgan fingerprint density at radius 1 is 1.48 bits per heavy atom. The molecular formula is C15H24N2O4. The molecule has 0 aromatic heterocycles. The summed E-state index contributed by atoms with van der Waals surface area (Å²) in [6.07, 6.45) is 4.32. The second-order valence-electron chi connectivity index (χ2n) is 6.09. The fraction of sp³-hybridized carbons (Fsp3) is 0.733. The van der Waals surface area contributed by atoms with E-state index in [-0.39, 0.29) is 5.91 Å². The Labute approximate surface area is 126 Å². The standard InChI is InChI=1S/C15H24N2O4/c1-7-10(2)16-13(18)12-11(3)20-9-8-17(12)14(19)21-15(4,5)6/h1,10-12H,8-9H2,2-6H3,(H,16,18)/t10?,11-,12+/m1/s1. The van der Waals surface area contributed by atoms with Gasteiger partial charge in [-0.15, -0.1) is 6.42 Å². The molecule has 1 N–H and O–H groups in total. The zero-order valence-electron chi connectivity index (χ0n) is 13.3. The van der Waals surface area contributed by atoms with E-state index in [9.17, 15) is 9.59 Å². The Balaban J connectivity index is 2.86. The summed E-state index contributed by atoms with van der Waals surface area (Å²) in [5.74, 6) is 2.09. The molecule has 6 nitrogen and oxygen atoms in total. The Kier molecular flexibility index (Phi) is 5.62. The monoisotopic (exact) mass is 296 g/mol. The third kappa shape index (κ3) is 4.94.